The van der Waals surface area contributed by atoms with Crippen LogP contribution in [0.1, 0.15) is 29.8 Å². The third-order valence-electron chi connectivity index (χ3n) is 2.97. The summed E-state index contributed by atoms with van der Waals surface area (Å²) in [6, 6.07) is 5.33. The highest BCUT2D eigenvalue weighted by Gasteiger charge is 2.20. The largest absolute Gasteiger partial charge is 0.383 e. The molecule has 1 unspecified atom stereocenters. The van der Waals surface area contributed by atoms with Crippen LogP contribution in [0.15, 0.2) is 30.6 Å². The van der Waals surface area contributed by atoms with Crippen LogP contribution in [0.5, 0.6) is 0 Å². The fourth-order valence-electron chi connectivity index (χ4n) is 2.02. The number of hydrogen-bond acceptors (Lipinski definition) is 5. The van der Waals surface area contributed by atoms with Gasteiger partial charge in [-0.3, -0.25) is 10.8 Å². The lowest BCUT2D eigenvalue weighted by Crippen LogP contribution is -2.31. The van der Waals surface area contributed by atoms with Gasteiger partial charge in [0.05, 0.1) is 16.8 Å². The van der Waals surface area contributed by atoms with Crippen LogP contribution in [0.2, 0.25) is 5.02 Å². The Bertz CT molecular complexity index is 573. The summed E-state index contributed by atoms with van der Waals surface area (Å²) in [5, 5.41) is 0.512. The molecule has 2 aromatic heterocycles. The molecule has 0 bridgehead atoms. The minimum Gasteiger partial charge on any atom is -0.383 e. The van der Waals surface area contributed by atoms with Gasteiger partial charge in [-0.15, -0.1) is 0 Å². The van der Waals surface area contributed by atoms with Gasteiger partial charge < -0.3 is 5.73 Å². The topological polar surface area (TPSA) is 89.8 Å². The molecule has 2 rings (SSSR count). The zero-order valence-electron chi connectivity index (χ0n) is 10.6. The first-order valence-electron chi connectivity index (χ1n) is 5.98. The number of halogens is 1. The number of aromatic nitrogens is 2. The van der Waals surface area contributed by atoms with Gasteiger partial charge in [-0.1, -0.05) is 24.6 Å². The van der Waals surface area contributed by atoms with Crippen molar-refractivity contribution in [1.29, 1.82) is 0 Å². The minimum absolute atomic E-state index is 0.331. The molecule has 0 saturated carbocycles. The summed E-state index contributed by atoms with van der Waals surface area (Å²) < 4.78 is 0. The molecule has 0 aliphatic carbocycles. The van der Waals surface area contributed by atoms with E-state index in [0.29, 0.717) is 10.8 Å². The summed E-state index contributed by atoms with van der Waals surface area (Å²) in [5.41, 5.74) is 11.3. The van der Waals surface area contributed by atoms with Crippen LogP contribution in [0.25, 0.3) is 0 Å². The molecular weight excluding hydrogens is 262 g/mol. The van der Waals surface area contributed by atoms with Crippen molar-refractivity contribution in [3.8, 4) is 0 Å². The Morgan fingerprint density at radius 1 is 1.42 bits per heavy atom. The summed E-state index contributed by atoms with van der Waals surface area (Å²) in [5.74, 6) is 6.05. The Kier molecular flexibility index (Phi) is 4.31. The van der Waals surface area contributed by atoms with E-state index in [9.17, 15) is 0 Å². The van der Waals surface area contributed by atoms with E-state index >= 15 is 0 Å². The van der Waals surface area contributed by atoms with Gasteiger partial charge in [0.25, 0.3) is 0 Å². The Morgan fingerprint density at radius 3 is 2.89 bits per heavy atom. The van der Waals surface area contributed by atoms with Crippen LogP contribution in [0, 0.1) is 0 Å². The maximum atomic E-state index is 5.97. The van der Waals surface area contributed by atoms with Crippen molar-refractivity contribution in [2.24, 2.45) is 5.84 Å². The van der Waals surface area contributed by atoms with E-state index in [-0.39, 0.29) is 6.04 Å². The van der Waals surface area contributed by atoms with Gasteiger partial charge in [-0.25, -0.2) is 10.4 Å². The molecule has 2 aromatic rings. The van der Waals surface area contributed by atoms with E-state index in [1.54, 1.807) is 12.3 Å². The standard InChI is InChI=1S/C13H16ClN5/c1-2-8-4-3-5-17-11(8)12(19-16)10-6-9(14)7-18-13(10)15/h3-7,12,19H,2,16H2,1H3,(H2,15,18). The first-order valence-corrected chi connectivity index (χ1v) is 6.36. The summed E-state index contributed by atoms with van der Waals surface area (Å²) in [7, 11) is 0. The molecule has 2 heterocycles. The molecule has 0 spiro atoms. The van der Waals surface area contributed by atoms with Gasteiger partial charge in [0.2, 0.25) is 0 Å². The second kappa shape index (κ2) is 5.97. The Labute approximate surface area is 117 Å². The number of nitrogen functional groups attached to an aromatic ring is 1. The third-order valence-corrected chi connectivity index (χ3v) is 3.18. The van der Waals surface area contributed by atoms with Gasteiger partial charge in [-0.05, 0) is 24.1 Å². The third kappa shape index (κ3) is 2.84. The number of nitrogens with two attached hydrogens (primary N) is 2. The SMILES string of the molecule is CCc1cccnc1C(NN)c1cc(Cl)cnc1N. The van der Waals surface area contributed by atoms with E-state index < -0.39 is 0 Å². The Hall–Kier alpha value is -1.69. The van der Waals surface area contributed by atoms with E-state index in [2.05, 4.69) is 22.3 Å². The average Bonchev–Trinajstić information content (AvgIpc) is 2.44. The van der Waals surface area contributed by atoms with Crippen LogP contribution >= 0.6 is 11.6 Å². The normalized spacial score (nSPS) is 12.4. The average molecular weight is 278 g/mol. The predicted octanol–water partition coefficient (Wildman–Crippen LogP) is 1.83. The lowest BCUT2D eigenvalue weighted by Gasteiger charge is -2.19. The zero-order valence-corrected chi connectivity index (χ0v) is 11.4. The second-order valence-corrected chi connectivity index (χ2v) is 4.57. The maximum Gasteiger partial charge on any atom is 0.128 e. The van der Waals surface area contributed by atoms with E-state index in [1.807, 2.05) is 12.1 Å². The van der Waals surface area contributed by atoms with Gasteiger partial charge in [0.15, 0.2) is 0 Å². The lowest BCUT2D eigenvalue weighted by atomic mass is 9.99. The number of aryl methyl sites for hydroxylation is 1. The molecule has 19 heavy (non-hydrogen) atoms. The first kappa shape index (κ1) is 13.7. The number of anilines is 1. The van der Waals surface area contributed by atoms with Crippen molar-refractivity contribution in [1.82, 2.24) is 15.4 Å². The highest BCUT2D eigenvalue weighted by Crippen LogP contribution is 2.28. The molecule has 0 aromatic carbocycles. The van der Waals surface area contributed by atoms with Crippen LogP contribution in [0.3, 0.4) is 0 Å². The van der Waals surface area contributed by atoms with Crippen molar-refractivity contribution in [2.75, 3.05) is 5.73 Å². The highest BCUT2D eigenvalue weighted by molar-refractivity contribution is 6.30. The molecular formula is C13H16ClN5. The maximum absolute atomic E-state index is 5.97. The Balaban J connectivity index is 2.53. The predicted molar refractivity (Wildman–Crippen MR) is 76.4 cm³/mol. The fourth-order valence-corrected chi connectivity index (χ4v) is 2.19. The van der Waals surface area contributed by atoms with Crippen molar-refractivity contribution in [3.63, 3.8) is 0 Å². The van der Waals surface area contributed by atoms with E-state index in [1.165, 1.54) is 6.20 Å². The number of hydrazine groups is 1. The molecule has 0 radical (unpaired) electrons. The summed E-state index contributed by atoms with van der Waals surface area (Å²) >= 11 is 5.97. The summed E-state index contributed by atoms with van der Waals surface area (Å²) in [4.78, 5) is 8.45. The van der Waals surface area contributed by atoms with Crippen LogP contribution < -0.4 is 17.0 Å². The molecule has 1 atom stereocenters. The van der Waals surface area contributed by atoms with Crippen LogP contribution in [0.4, 0.5) is 5.82 Å². The summed E-state index contributed by atoms with van der Waals surface area (Å²) in [6.07, 6.45) is 4.09. The van der Waals surface area contributed by atoms with Gasteiger partial charge in [-0.2, -0.15) is 0 Å². The molecule has 5 nitrogen and oxygen atoms in total. The van der Waals surface area contributed by atoms with Crippen LogP contribution in [-0.2, 0) is 6.42 Å². The summed E-state index contributed by atoms with van der Waals surface area (Å²) in [6.45, 7) is 2.06. The number of hydrogen-bond donors (Lipinski definition) is 3. The fraction of sp³-hybridized carbons (Fsp3) is 0.231. The highest BCUT2D eigenvalue weighted by atomic mass is 35.5. The number of nitrogens with one attached hydrogen (secondary N) is 1. The number of nitrogens with zero attached hydrogens (tertiary/aromatic N) is 2. The van der Waals surface area contributed by atoms with Gasteiger partial charge in [0.1, 0.15) is 5.82 Å². The first-order chi connectivity index (χ1) is 9.17. The quantitative estimate of drug-likeness (QED) is 0.586. The zero-order chi connectivity index (χ0) is 13.8. The van der Waals surface area contributed by atoms with E-state index in [4.69, 9.17) is 23.2 Å². The molecule has 5 N–H and O–H groups in total. The smallest absolute Gasteiger partial charge is 0.128 e. The number of rotatable bonds is 4. The monoisotopic (exact) mass is 277 g/mol. The van der Waals surface area contributed by atoms with Crippen LogP contribution in [-0.4, -0.2) is 9.97 Å². The second-order valence-electron chi connectivity index (χ2n) is 4.13. The van der Waals surface area contributed by atoms with Gasteiger partial charge in [0, 0.05) is 18.0 Å². The Morgan fingerprint density at radius 2 is 2.21 bits per heavy atom. The lowest BCUT2D eigenvalue weighted by molar-refractivity contribution is 0.614. The van der Waals surface area contributed by atoms with Crippen molar-refractivity contribution >= 4 is 17.4 Å². The molecule has 0 saturated heterocycles. The molecule has 0 amide bonds. The molecule has 0 aliphatic heterocycles. The van der Waals surface area contributed by atoms with Crippen molar-refractivity contribution < 1.29 is 0 Å². The van der Waals surface area contributed by atoms with E-state index in [0.717, 1.165) is 23.2 Å². The molecule has 0 fully saturated rings. The number of pyridine rings is 2. The van der Waals surface area contributed by atoms with Crippen molar-refractivity contribution in [2.45, 2.75) is 19.4 Å². The molecule has 100 valence electrons. The minimum atomic E-state index is -0.331. The van der Waals surface area contributed by atoms with Gasteiger partial charge >= 0.3 is 0 Å². The molecule has 6 heteroatoms. The van der Waals surface area contributed by atoms with Crippen molar-refractivity contribution in [3.05, 3.63) is 52.4 Å². The molecule has 0 aliphatic rings.